The molecule has 5 heteroatoms. The van der Waals surface area contributed by atoms with Gasteiger partial charge < -0.3 is 21.1 Å². The molecule has 0 unspecified atom stereocenters. The summed E-state index contributed by atoms with van der Waals surface area (Å²) in [5, 5.41) is 0.819. The van der Waals surface area contributed by atoms with E-state index in [4.69, 9.17) is 27.8 Å². The molecule has 0 atom stereocenters. The zero-order valence-corrected chi connectivity index (χ0v) is 20.0. The zero-order chi connectivity index (χ0) is 22.8. The largest absolute Gasteiger partial charge is 0.490 e. The van der Waals surface area contributed by atoms with Gasteiger partial charge in [-0.2, -0.15) is 0 Å². The van der Waals surface area contributed by atoms with Crippen LogP contribution in [0.3, 0.4) is 0 Å². The number of rotatable bonds is 10. The fourth-order valence-electron chi connectivity index (χ4n) is 4.54. The molecule has 0 spiro atoms. The van der Waals surface area contributed by atoms with Crippen LogP contribution in [0.4, 0.5) is 0 Å². The molecule has 4 nitrogen and oxygen atoms in total. The van der Waals surface area contributed by atoms with Crippen LogP contribution >= 0.6 is 11.6 Å². The van der Waals surface area contributed by atoms with Gasteiger partial charge in [-0.25, -0.2) is 0 Å². The van der Waals surface area contributed by atoms with E-state index in [1.165, 1.54) is 16.7 Å². The van der Waals surface area contributed by atoms with Crippen LogP contribution in [0.1, 0.15) is 55.2 Å². The van der Waals surface area contributed by atoms with Crippen LogP contribution in [-0.2, 0) is 13.0 Å². The van der Waals surface area contributed by atoms with Crippen molar-refractivity contribution in [1.82, 2.24) is 4.90 Å². The van der Waals surface area contributed by atoms with E-state index in [0.717, 1.165) is 86.5 Å². The lowest BCUT2D eigenvalue weighted by Crippen LogP contribution is -2.31. The Morgan fingerprint density at radius 2 is 1.91 bits per heavy atom. The maximum atomic E-state index is 6.78. The van der Waals surface area contributed by atoms with E-state index < -0.39 is 0 Å². The number of unbranched alkanes of at least 4 members (excludes halogenated alkanes) is 1. The summed E-state index contributed by atoms with van der Waals surface area (Å²) in [7, 11) is 0. The van der Waals surface area contributed by atoms with Gasteiger partial charge in [-0.3, -0.25) is 0 Å². The van der Waals surface area contributed by atoms with Crippen molar-refractivity contribution in [2.75, 3.05) is 13.1 Å². The number of hydrogen-bond acceptors (Lipinski definition) is 4. The average molecular weight is 464 g/mol. The summed E-state index contributed by atoms with van der Waals surface area (Å²) in [6.07, 6.45) is 12.5. The topological polar surface area (TPSA) is 64.5 Å². The van der Waals surface area contributed by atoms with Crippen molar-refractivity contribution in [3.8, 4) is 5.75 Å². The quantitative estimate of drug-likeness (QED) is 0.460. The Morgan fingerprint density at radius 3 is 2.67 bits per heavy atom. The Balaban J connectivity index is 1.38. The minimum Gasteiger partial charge on any atom is -0.490 e. The summed E-state index contributed by atoms with van der Waals surface area (Å²) < 4.78 is 6.23. The zero-order valence-electron chi connectivity index (χ0n) is 19.2. The van der Waals surface area contributed by atoms with E-state index in [1.807, 2.05) is 6.07 Å². The van der Waals surface area contributed by atoms with E-state index in [2.05, 4.69) is 53.6 Å². The highest BCUT2D eigenvalue weighted by Crippen LogP contribution is 2.48. The molecule has 174 valence electrons. The molecule has 0 bridgehead atoms. The standard InChI is InChI=1S/C28H34ClN3O/c29-26-11-8-20(5-3-4-15-30)17-21(26)18-32-16-12-23(25(19-32)28(31)13-14-28)24-6-1-2-7-27(24)33-22-9-10-22/h1-2,6-8,11-12,17,19,22H,3-5,9-10,13-16,18,30-31H2. The number of benzene rings is 2. The van der Waals surface area contributed by atoms with Gasteiger partial charge in [0.15, 0.2) is 0 Å². The van der Waals surface area contributed by atoms with E-state index in [0.29, 0.717) is 6.10 Å². The molecule has 0 saturated heterocycles. The fourth-order valence-corrected chi connectivity index (χ4v) is 4.72. The summed E-state index contributed by atoms with van der Waals surface area (Å²) in [5.74, 6) is 0.975. The SMILES string of the molecule is NCCCCc1ccc(Cl)c(CN2C=C(C3(N)CC3)C(c3ccccc3OC3CC3)=CC2)c1. The Morgan fingerprint density at radius 1 is 1.09 bits per heavy atom. The molecule has 0 amide bonds. The first-order valence-corrected chi connectivity index (χ1v) is 12.6. The van der Waals surface area contributed by atoms with Gasteiger partial charge in [0.2, 0.25) is 0 Å². The molecular formula is C28H34ClN3O. The summed E-state index contributed by atoms with van der Waals surface area (Å²) in [6, 6.07) is 14.8. The van der Waals surface area contributed by atoms with E-state index in [1.54, 1.807) is 0 Å². The minimum absolute atomic E-state index is 0.245. The molecule has 2 aliphatic carbocycles. The van der Waals surface area contributed by atoms with Gasteiger partial charge in [0, 0.05) is 35.4 Å². The molecule has 2 saturated carbocycles. The van der Waals surface area contributed by atoms with Crippen LogP contribution in [0.15, 0.2) is 60.3 Å². The van der Waals surface area contributed by atoms with E-state index >= 15 is 0 Å². The van der Waals surface area contributed by atoms with Gasteiger partial charge in [0.1, 0.15) is 5.75 Å². The first-order chi connectivity index (χ1) is 16.1. The highest BCUT2D eigenvalue weighted by atomic mass is 35.5. The fraction of sp³-hybridized carbons (Fsp3) is 0.429. The number of nitrogens with two attached hydrogens (primary N) is 2. The lowest BCUT2D eigenvalue weighted by molar-refractivity contribution is 0.302. The highest BCUT2D eigenvalue weighted by Gasteiger charge is 2.45. The van der Waals surface area contributed by atoms with E-state index in [9.17, 15) is 0 Å². The van der Waals surface area contributed by atoms with Gasteiger partial charge >= 0.3 is 0 Å². The maximum absolute atomic E-state index is 6.78. The molecule has 1 heterocycles. The van der Waals surface area contributed by atoms with Gasteiger partial charge in [0.25, 0.3) is 0 Å². The smallest absolute Gasteiger partial charge is 0.127 e. The van der Waals surface area contributed by atoms with Crippen LogP contribution in [0.2, 0.25) is 5.02 Å². The molecule has 2 aromatic carbocycles. The minimum atomic E-state index is -0.245. The summed E-state index contributed by atoms with van der Waals surface area (Å²) in [5.41, 5.74) is 18.3. The lowest BCUT2D eigenvalue weighted by Gasteiger charge is -2.31. The van der Waals surface area contributed by atoms with Gasteiger partial charge in [-0.1, -0.05) is 48.0 Å². The number of para-hydroxylation sites is 1. The van der Waals surface area contributed by atoms with Gasteiger partial charge in [0.05, 0.1) is 6.10 Å². The number of ether oxygens (including phenoxy) is 1. The second-order valence-electron chi connectivity index (χ2n) is 9.73. The van der Waals surface area contributed by atoms with Crippen molar-refractivity contribution in [3.05, 3.63) is 82.0 Å². The lowest BCUT2D eigenvalue weighted by atomic mass is 9.89. The molecule has 33 heavy (non-hydrogen) atoms. The molecule has 5 rings (SSSR count). The number of aryl methyl sites for hydroxylation is 1. The second kappa shape index (κ2) is 9.54. The van der Waals surface area contributed by atoms with Crippen LogP contribution < -0.4 is 16.2 Å². The van der Waals surface area contributed by atoms with Crippen LogP contribution in [0.25, 0.3) is 5.57 Å². The van der Waals surface area contributed by atoms with Crippen molar-refractivity contribution in [3.63, 3.8) is 0 Å². The third kappa shape index (κ3) is 5.29. The van der Waals surface area contributed by atoms with Crippen LogP contribution in [-0.4, -0.2) is 29.6 Å². The Labute approximate surface area is 202 Å². The number of nitrogens with zero attached hydrogens (tertiary/aromatic N) is 1. The third-order valence-corrected chi connectivity index (χ3v) is 7.22. The molecule has 2 fully saturated rings. The molecular weight excluding hydrogens is 430 g/mol. The second-order valence-corrected chi connectivity index (χ2v) is 10.1. The predicted molar refractivity (Wildman–Crippen MR) is 136 cm³/mol. The van der Waals surface area contributed by atoms with Crippen molar-refractivity contribution in [1.29, 1.82) is 0 Å². The molecule has 1 aliphatic heterocycles. The average Bonchev–Trinajstić information content (AvgIpc) is 3.75. The molecule has 0 radical (unpaired) electrons. The summed E-state index contributed by atoms with van der Waals surface area (Å²) >= 11 is 6.59. The van der Waals surface area contributed by atoms with Crippen molar-refractivity contribution in [2.45, 2.75) is 63.1 Å². The normalized spacial score (nSPS) is 19.2. The Kier molecular flexibility index (Phi) is 6.51. The first kappa shape index (κ1) is 22.5. The van der Waals surface area contributed by atoms with Crippen LogP contribution in [0.5, 0.6) is 5.75 Å². The van der Waals surface area contributed by atoms with E-state index in [-0.39, 0.29) is 5.54 Å². The van der Waals surface area contributed by atoms with Crippen molar-refractivity contribution < 1.29 is 4.74 Å². The van der Waals surface area contributed by atoms with Crippen molar-refractivity contribution in [2.24, 2.45) is 11.5 Å². The Bertz CT molecular complexity index is 1070. The third-order valence-electron chi connectivity index (χ3n) is 6.86. The maximum Gasteiger partial charge on any atom is 0.127 e. The molecule has 0 aromatic heterocycles. The van der Waals surface area contributed by atoms with Crippen LogP contribution in [0, 0.1) is 0 Å². The number of hydrogen-bond donors (Lipinski definition) is 2. The summed E-state index contributed by atoms with van der Waals surface area (Å²) in [4.78, 5) is 2.33. The molecule has 2 aromatic rings. The monoisotopic (exact) mass is 463 g/mol. The predicted octanol–water partition coefficient (Wildman–Crippen LogP) is 5.44. The molecule has 4 N–H and O–H groups in total. The Hall–Kier alpha value is -2.27. The highest BCUT2D eigenvalue weighted by molar-refractivity contribution is 6.31. The number of halogens is 1. The van der Waals surface area contributed by atoms with Crippen molar-refractivity contribution >= 4 is 17.2 Å². The molecule has 3 aliphatic rings. The summed E-state index contributed by atoms with van der Waals surface area (Å²) in [6.45, 7) is 2.33. The first-order valence-electron chi connectivity index (χ1n) is 12.2. The van der Waals surface area contributed by atoms with Gasteiger partial charge in [-0.05, 0) is 85.9 Å². The van der Waals surface area contributed by atoms with Gasteiger partial charge in [-0.15, -0.1) is 0 Å².